The molecule has 1 aromatic carbocycles. The number of amidine groups is 1. The van der Waals surface area contributed by atoms with Crippen molar-refractivity contribution in [3.63, 3.8) is 0 Å². The molecule has 1 saturated carbocycles. The van der Waals surface area contributed by atoms with Crippen LogP contribution < -0.4 is 5.73 Å². The summed E-state index contributed by atoms with van der Waals surface area (Å²) in [5.74, 6) is 0.381. The zero-order valence-corrected chi connectivity index (χ0v) is 8.97. The van der Waals surface area contributed by atoms with E-state index in [2.05, 4.69) is 6.92 Å². The number of nitrogens with two attached hydrogens (primary N) is 1. The third-order valence-electron chi connectivity index (χ3n) is 3.46. The van der Waals surface area contributed by atoms with Gasteiger partial charge in [0.05, 0.1) is 5.41 Å². The van der Waals surface area contributed by atoms with Gasteiger partial charge in [0.2, 0.25) is 0 Å². The van der Waals surface area contributed by atoms with Crippen LogP contribution in [0.3, 0.4) is 0 Å². The molecular formula is C12H15FN2. The molecule has 0 aliphatic heterocycles. The molecule has 1 aromatic rings. The van der Waals surface area contributed by atoms with Crippen LogP contribution in [0, 0.1) is 24.1 Å². The lowest BCUT2D eigenvalue weighted by Crippen LogP contribution is -2.29. The van der Waals surface area contributed by atoms with Crippen molar-refractivity contribution in [3.05, 3.63) is 35.1 Å². The summed E-state index contributed by atoms with van der Waals surface area (Å²) in [5, 5.41) is 7.64. The first-order valence-electron chi connectivity index (χ1n) is 5.09. The van der Waals surface area contributed by atoms with E-state index in [9.17, 15) is 4.39 Å². The van der Waals surface area contributed by atoms with E-state index in [1.54, 1.807) is 19.1 Å². The van der Waals surface area contributed by atoms with Crippen LogP contribution in [0.4, 0.5) is 4.39 Å². The van der Waals surface area contributed by atoms with Crippen LogP contribution in [-0.2, 0) is 5.41 Å². The Morgan fingerprint density at radius 1 is 1.60 bits per heavy atom. The molecular weight excluding hydrogens is 191 g/mol. The standard InChI is InChI=1S/C12H15FN2/c1-7-5-9(3-4-10(7)13)12(11(14)15)6-8(12)2/h3-5,8H,6H2,1-2H3,(H3,14,15). The molecule has 2 atom stereocenters. The van der Waals surface area contributed by atoms with E-state index in [1.807, 2.05) is 0 Å². The van der Waals surface area contributed by atoms with Crippen molar-refractivity contribution in [1.29, 1.82) is 5.41 Å². The minimum Gasteiger partial charge on any atom is -0.387 e. The molecule has 3 N–H and O–H groups in total. The highest BCUT2D eigenvalue weighted by atomic mass is 19.1. The average molecular weight is 206 g/mol. The van der Waals surface area contributed by atoms with Crippen molar-refractivity contribution in [2.75, 3.05) is 0 Å². The Hall–Kier alpha value is -1.38. The van der Waals surface area contributed by atoms with Gasteiger partial charge >= 0.3 is 0 Å². The minimum atomic E-state index is -0.321. The fraction of sp³-hybridized carbons (Fsp3) is 0.417. The van der Waals surface area contributed by atoms with Gasteiger partial charge < -0.3 is 5.73 Å². The van der Waals surface area contributed by atoms with Gasteiger partial charge in [-0.05, 0) is 36.5 Å². The highest BCUT2D eigenvalue weighted by Crippen LogP contribution is 2.54. The third kappa shape index (κ3) is 1.34. The van der Waals surface area contributed by atoms with Gasteiger partial charge in [0.25, 0.3) is 0 Å². The number of hydrogen-bond donors (Lipinski definition) is 2. The first-order chi connectivity index (χ1) is 6.98. The maximum absolute atomic E-state index is 13.1. The maximum Gasteiger partial charge on any atom is 0.126 e. The summed E-state index contributed by atoms with van der Waals surface area (Å²) in [7, 11) is 0. The summed E-state index contributed by atoms with van der Waals surface area (Å²) >= 11 is 0. The zero-order valence-electron chi connectivity index (χ0n) is 8.97. The number of halogens is 1. The molecule has 80 valence electrons. The number of rotatable bonds is 2. The fourth-order valence-corrected chi connectivity index (χ4v) is 2.28. The Bertz CT molecular complexity index is 428. The molecule has 1 aliphatic carbocycles. The van der Waals surface area contributed by atoms with Crippen LogP contribution >= 0.6 is 0 Å². The number of nitrogens with one attached hydrogen (secondary N) is 1. The molecule has 15 heavy (non-hydrogen) atoms. The van der Waals surface area contributed by atoms with Gasteiger partial charge in [-0.25, -0.2) is 4.39 Å². The first kappa shape index (κ1) is 10.1. The maximum atomic E-state index is 13.1. The molecule has 0 heterocycles. The second-order valence-electron chi connectivity index (χ2n) is 4.45. The number of hydrogen-bond acceptors (Lipinski definition) is 1. The van der Waals surface area contributed by atoms with Crippen LogP contribution in [0.25, 0.3) is 0 Å². The Morgan fingerprint density at radius 2 is 2.20 bits per heavy atom. The molecule has 1 aliphatic rings. The van der Waals surface area contributed by atoms with Crippen LogP contribution in [0.5, 0.6) is 0 Å². The van der Waals surface area contributed by atoms with Crippen molar-refractivity contribution < 1.29 is 4.39 Å². The highest BCUT2D eigenvalue weighted by molar-refractivity contribution is 5.92. The van der Waals surface area contributed by atoms with Crippen molar-refractivity contribution in [3.8, 4) is 0 Å². The zero-order chi connectivity index (χ0) is 11.2. The van der Waals surface area contributed by atoms with Gasteiger partial charge in [-0.15, -0.1) is 0 Å². The smallest absolute Gasteiger partial charge is 0.126 e. The average Bonchev–Trinajstić information content (AvgIpc) is 2.84. The molecule has 0 bridgehead atoms. The van der Waals surface area contributed by atoms with E-state index >= 15 is 0 Å². The fourth-order valence-electron chi connectivity index (χ4n) is 2.28. The Kier molecular flexibility index (Phi) is 2.07. The van der Waals surface area contributed by atoms with E-state index in [1.165, 1.54) is 6.07 Å². The third-order valence-corrected chi connectivity index (χ3v) is 3.46. The Morgan fingerprint density at radius 3 is 2.60 bits per heavy atom. The summed E-state index contributed by atoms with van der Waals surface area (Å²) in [4.78, 5) is 0. The predicted molar refractivity (Wildman–Crippen MR) is 58.5 cm³/mol. The molecule has 3 heteroatoms. The Labute approximate surface area is 88.8 Å². The topological polar surface area (TPSA) is 49.9 Å². The molecule has 0 spiro atoms. The van der Waals surface area contributed by atoms with Gasteiger partial charge in [-0.1, -0.05) is 19.1 Å². The second-order valence-corrected chi connectivity index (χ2v) is 4.45. The van der Waals surface area contributed by atoms with E-state index in [0.29, 0.717) is 11.5 Å². The lowest BCUT2D eigenvalue weighted by Gasteiger charge is -2.16. The van der Waals surface area contributed by atoms with Crippen molar-refractivity contribution in [2.45, 2.75) is 25.7 Å². The highest BCUT2D eigenvalue weighted by Gasteiger charge is 2.55. The minimum absolute atomic E-state index is 0.195. The van der Waals surface area contributed by atoms with Crippen LogP contribution in [0.1, 0.15) is 24.5 Å². The van der Waals surface area contributed by atoms with E-state index < -0.39 is 0 Å². The van der Waals surface area contributed by atoms with Crippen molar-refractivity contribution >= 4 is 5.84 Å². The van der Waals surface area contributed by atoms with Gasteiger partial charge in [0, 0.05) is 0 Å². The van der Waals surface area contributed by atoms with Gasteiger partial charge in [0.15, 0.2) is 0 Å². The molecule has 2 unspecified atom stereocenters. The quantitative estimate of drug-likeness (QED) is 0.566. The SMILES string of the molecule is Cc1cc(C2(C(=N)N)CC2C)ccc1F. The van der Waals surface area contributed by atoms with Crippen molar-refractivity contribution in [2.24, 2.45) is 11.7 Å². The second kappa shape index (κ2) is 3.05. The van der Waals surface area contributed by atoms with Crippen molar-refractivity contribution in [1.82, 2.24) is 0 Å². The largest absolute Gasteiger partial charge is 0.387 e. The summed E-state index contributed by atoms with van der Waals surface area (Å²) < 4.78 is 13.1. The van der Waals surface area contributed by atoms with E-state index in [0.717, 1.165) is 12.0 Å². The monoisotopic (exact) mass is 206 g/mol. The molecule has 0 amide bonds. The van der Waals surface area contributed by atoms with E-state index in [4.69, 9.17) is 11.1 Å². The van der Waals surface area contributed by atoms with Gasteiger partial charge in [0.1, 0.15) is 11.7 Å². The van der Waals surface area contributed by atoms with Crippen LogP contribution in [0.15, 0.2) is 18.2 Å². The normalized spacial score (nSPS) is 28.9. The lowest BCUT2D eigenvalue weighted by molar-refractivity contribution is 0.616. The summed E-state index contributed by atoms with van der Waals surface area (Å²) in [6.45, 7) is 3.81. The van der Waals surface area contributed by atoms with Gasteiger partial charge in [-0.3, -0.25) is 5.41 Å². The van der Waals surface area contributed by atoms with Crippen LogP contribution in [-0.4, -0.2) is 5.84 Å². The predicted octanol–water partition coefficient (Wildman–Crippen LogP) is 2.35. The molecule has 0 saturated heterocycles. The molecule has 2 nitrogen and oxygen atoms in total. The molecule has 1 fully saturated rings. The molecule has 0 radical (unpaired) electrons. The lowest BCUT2D eigenvalue weighted by atomic mass is 9.91. The summed E-state index contributed by atoms with van der Waals surface area (Å²) in [6.07, 6.45) is 0.896. The van der Waals surface area contributed by atoms with E-state index in [-0.39, 0.29) is 17.1 Å². The van der Waals surface area contributed by atoms with Gasteiger partial charge in [-0.2, -0.15) is 0 Å². The molecule has 2 rings (SSSR count). The number of aryl methyl sites for hydroxylation is 1. The first-order valence-corrected chi connectivity index (χ1v) is 5.09. The van der Waals surface area contributed by atoms with Crippen LogP contribution in [0.2, 0.25) is 0 Å². The number of benzene rings is 1. The molecule has 0 aromatic heterocycles. The Balaban J connectivity index is 2.46. The summed E-state index contributed by atoms with van der Waals surface area (Å²) in [6, 6.07) is 5.01. The summed E-state index contributed by atoms with van der Waals surface area (Å²) in [5.41, 5.74) is 6.90.